The summed E-state index contributed by atoms with van der Waals surface area (Å²) < 4.78 is 0. The maximum Gasteiger partial charge on any atom is 0.322 e. The number of hydrogen-bond acceptors (Lipinski definition) is 6. The molecule has 0 spiro atoms. The summed E-state index contributed by atoms with van der Waals surface area (Å²) in [6.45, 7) is -0.336. The Balaban J connectivity index is 2.04. The molecule has 5 N–H and O–H groups in total. The van der Waals surface area contributed by atoms with Crippen LogP contribution in [0.4, 0.5) is 0 Å². The summed E-state index contributed by atoms with van der Waals surface area (Å²) >= 11 is 0. The number of carboxylic acids is 1. The van der Waals surface area contributed by atoms with Gasteiger partial charge in [0.1, 0.15) is 17.9 Å². The van der Waals surface area contributed by atoms with Crippen LogP contribution in [0.1, 0.15) is 22.3 Å². The number of nitrogens with zero attached hydrogens (tertiary/aromatic N) is 1. The molecule has 150 valence electrons. The molecule has 0 atom stereocenters. The topological polar surface area (TPSA) is 156 Å². The Kier molecular flexibility index (Phi) is 7.10. The number of amides is 3. The van der Waals surface area contributed by atoms with Gasteiger partial charge in [0.05, 0.1) is 6.61 Å². The number of aliphatic hydroxyl groups excluding tert-OH is 2. The minimum absolute atomic E-state index is 0.0726. The summed E-state index contributed by atoms with van der Waals surface area (Å²) in [4.78, 5) is 48.3. The SMILES string of the molecule is O=C(O)CNC(=O)C1=C(O)CCN(Cc2ccc(C(=O)NCCO)cc2)C1=O. The average Bonchev–Trinajstić information content (AvgIpc) is 2.67. The van der Waals surface area contributed by atoms with E-state index in [4.69, 9.17) is 10.2 Å². The lowest BCUT2D eigenvalue weighted by Gasteiger charge is -2.28. The van der Waals surface area contributed by atoms with Crippen LogP contribution in [-0.4, -0.2) is 70.2 Å². The average molecular weight is 391 g/mol. The second kappa shape index (κ2) is 9.51. The Morgan fingerprint density at radius 3 is 2.36 bits per heavy atom. The van der Waals surface area contributed by atoms with Crippen LogP contribution in [0.5, 0.6) is 0 Å². The highest BCUT2D eigenvalue weighted by Crippen LogP contribution is 2.20. The number of carbonyl (C=O) groups is 4. The number of hydrogen-bond donors (Lipinski definition) is 5. The molecule has 1 aromatic carbocycles. The minimum atomic E-state index is -1.27. The molecule has 0 unspecified atom stereocenters. The van der Waals surface area contributed by atoms with Gasteiger partial charge in [0.15, 0.2) is 0 Å². The molecule has 1 aliphatic heterocycles. The zero-order valence-corrected chi connectivity index (χ0v) is 15.0. The molecule has 0 aromatic heterocycles. The highest BCUT2D eigenvalue weighted by Gasteiger charge is 2.32. The van der Waals surface area contributed by atoms with Gasteiger partial charge in [-0.3, -0.25) is 19.2 Å². The normalized spacial score (nSPS) is 14.0. The Morgan fingerprint density at radius 2 is 1.75 bits per heavy atom. The second-order valence-electron chi connectivity index (χ2n) is 6.05. The van der Waals surface area contributed by atoms with Crippen LogP contribution < -0.4 is 10.6 Å². The van der Waals surface area contributed by atoms with Gasteiger partial charge in [0.2, 0.25) is 0 Å². The lowest BCUT2D eigenvalue weighted by molar-refractivity contribution is -0.138. The zero-order chi connectivity index (χ0) is 20.7. The molecule has 0 saturated heterocycles. The lowest BCUT2D eigenvalue weighted by Crippen LogP contribution is -2.43. The largest absolute Gasteiger partial charge is 0.511 e. The highest BCUT2D eigenvalue weighted by atomic mass is 16.4. The van der Waals surface area contributed by atoms with Crippen LogP contribution in [-0.2, 0) is 20.9 Å². The van der Waals surface area contributed by atoms with Crippen molar-refractivity contribution >= 4 is 23.7 Å². The maximum atomic E-state index is 12.5. The van der Waals surface area contributed by atoms with Crippen molar-refractivity contribution in [3.05, 3.63) is 46.7 Å². The first-order valence-electron chi connectivity index (χ1n) is 8.53. The molecule has 10 heteroatoms. The van der Waals surface area contributed by atoms with E-state index < -0.39 is 29.9 Å². The van der Waals surface area contributed by atoms with Crippen molar-refractivity contribution in [2.75, 3.05) is 26.2 Å². The van der Waals surface area contributed by atoms with Crippen molar-refractivity contribution in [1.29, 1.82) is 0 Å². The van der Waals surface area contributed by atoms with Crippen LogP contribution >= 0.6 is 0 Å². The first-order chi connectivity index (χ1) is 13.3. The van der Waals surface area contributed by atoms with Crippen molar-refractivity contribution in [2.45, 2.75) is 13.0 Å². The molecule has 3 amide bonds. The van der Waals surface area contributed by atoms with Gasteiger partial charge in [-0.2, -0.15) is 0 Å². The van der Waals surface area contributed by atoms with Crippen LogP contribution in [0.3, 0.4) is 0 Å². The van der Waals surface area contributed by atoms with E-state index in [0.717, 1.165) is 0 Å². The Bertz CT molecular complexity index is 802. The number of aliphatic hydroxyl groups is 2. The number of nitrogens with one attached hydrogen (secondary N) is 2. The van der Waals surface area contributed by atoms with Gasteiger partial charge in [-0.25, -0.2) is 0 Å². The van der Waals surface area contributed by atoms with E-state index in [0.29, 0.717) is 11.1 Å². The maximum absolute atomic E-state index is 12.5. The molecular formula is C18H21N3O7. The van der Waals surface area contributed by atoms with Gasteiger partial charge < -0.3 is 30.9 Å². The first-order valence-corrected chi connectivity index (χ1v) is 8.53. The summed E-state index contributed by atoms with van der Waals surface area (Å²) in [7, 11) is 0. The third-order valence-electron chi connectivity index (χ3n) is 4.02. The van der Waals surface area contributed by atoms with Crippen LogP contribution in [0.25, 0.3) is 0 Å². The van der Waals surface area contributed by atoms with Gasteiger partial charge in [-0.15, -0.1) is 0 Å². The monoisotopic (exact) mass is 391 g/mol. The molecule has 1 heterocycles. The van der Waals surface area contributed by atoms with E-state index in [1.54, 1.807) is 24.3 Å². The van der Waals surface area contributed by atoms with E-state index in [1.165, 1.54) is 4.90 Å². The van der Waals surface area contributed by atoms with Gasteiger partial charge in [0, 0.05) is 31.6 Å². The quantitative estimate of drug-likeness (QED) is 0.362. The molecular weight excluding hydrogens is 370 g/mol. The Labute approximate surface area is 160 Å². The van der Waals surface area contributed by atoms with Gasteiger partial charge in [-0.1, -0.05) is 12.1 Å². The predicted molar refractivity (Wildman–Crippen MR) is 96.2 cm³/mol. The van der Waals surface area contributed by atoms with E-state index in [2.05, 4.69) is 10.6 Å². The predicted octanol–water partition coefficient (Wildman–Crippen LogP) is -0.846. The first kappa shape index (κ1) is 20.9. The third-order valence-corrected chi connectivity index (χ3v) is 4.02. The summed E-state index contributed by atoms with van der Waals surface area (Å²) in [6, 6.07) is 6.46. The smallest absolute Gasteiger partial charge is 0.322 e. The van der Waals surface area contributed by atoms with E-state index in [-0.39, 0.29) is 44.3 Å². The van der Waals surface area contributed by atoms with Crippen LogP contribution in [0, 0.1) is 0 Å². The molecule has 1 aromatic rings. The van der Waals surface area contributed by atoms with Gasteiger partial charge >= 0.3 is 5.97 Å². The number of carboxylic acid groups (broad SMARTS) is 1. The van der Waals surface area contributed by atoms with Gasteiger partial charge in [0.25, 0.3) is 17.7 Å². The van der Waals surface area contributed by atoms with Crippen molar-refractivity contribution in [2.24, 2.45) is 0 Å². The fourth-order valence-corrected chi connectivity index (χ4v) is 2.63. The summed E-state index contributed by atoms with van der Waals surface area (Å²) in [6.07, 6.45) is 0.0726. The molecule has 0 bridgehead atoms. The fraction of sp³-hybridized carbons (Fsp3) is 0.333. The number of benzene rings is 1. The summed E-state index contributed by atoms with van der Waals surface area (Å²) in [5, 5.41) is 31.8. The molecule has 0 radical (unpaired) electrons. The van der Waals surface area contributed by atoms with Crippen LogP contribution in [0.2, 0.25) is 0 Å². The number of carbonyl (C=O) groups excluding carboxylic acids is 3. The molecule has 2 rings (SSSR count). The third kappa shape index (κ3) is 5.30. The Morgan fingerprint density at radius 1 is 1.07 bits per heavy atom. The standard InChI is InChI=1S/C18H21N3O7/c22-8-6-19-16(26)12-3-1-11(2-4-12)10-21-7-5-13(23)15(18(21)28)17(27)20-9-14(24)25/h1-4,22-23H,5-10H2,(H,19,26)(H,20,27)(H,24,25). The van der Waals surface area contributed by atoms with Crippen molar-refractivity contribution in [3.8, 4) is 0 Å². The summed E-state index contributed by atoms with van der Waals surface area (Å²) in [5.74, 6) is -3.61. The van der Waals surface area contributed by atoms with E-state index in [9.17, 15) is 24.3 Å². The van der Waals surface area contributed by atoms with Crippen molar-refractivity contribution < 1.29 is 34.5 Å². The molecule has 28 heavy (non-hydrogen) atoms. The van der Waals surface area contributed by atoms with E-state index in [1.807, 2.05) is 0 Å². The molecule has 0 saturated carbocycles. The fourth-order valence-electron chi connectivity index (χ4n) is 2.63. The molecule has 0 aliphatic carbocycles. The minimum Gasteiger partial charge on any atom is -0.511 e. The molecule has 0 fully saturated rings. The molecule has 10 nitrogen and oxygen atoms in total. The zero-order valence-electron chi connectivity index (χ0n) is 15.0. The summed E-state index contributed by atoms with van der Waals surface area (Å²) in [5.41, 5.74) is 0.639. The van der Waals surface area contributed by atoms with E-state index >= 15 is 0 Å². The van der Waals surface area contributed by atoms with Crippen molar-refractivity contribution in [1.82, 2.24) is 15.5 Å². The van der Waals surface area contributed by atoms with Crippen LogP contribution in [0.15, 0.2) is 35.6 Å². The van der Waals surface area contributed by atoms with Gasteiger partial charge in [-0.05, 0) is 17.7 Å². The number of rotatable bonds is 8. The lowest BCUT2D eigenvalue weighted by atomic mass is 10.0. The Hall–Kier alpha value is -3.40. The van der Waals surface area contributed by atoms with Crippen molar-refractivity contribution in [3.63, 3.8) is 0 Å². The molecule has 1 aliphatic rings. The highest BCUT2D eigenvalue weighted by molar-refractivity contribution is 6.19. The number of aliphatic carboxylic acids is 1. The second-order valence-corrected chi connectivity index (χ2v) is 6.05.